The number of hydrogen-bond donors (Lipinski definition) is 0. The Balaban J connectivity index is 2.08. The monoisotopic (exact) mass is 264 g/mol. The normalized spacial score (nSPS) is 10.4. The Hall–Kier alpha value is -2.75. The molecule has 0 spiro atoms. The summed E-state index contributed by atoms with van der Waals surface area (Å²) < 4.78 is 5.21. The Labute approximate surface area is 116 Å². The summed E-state index contributed by atoms with van der Waals surface area (Å²) in [7, 11) is 1.54. The van der Waals surface area contributed by atoms with E-state index in [1.807, 2.05) is 30.3 Å². The summed E-state index contributed by atoms with van der Waals surface area (Å²) in [5, 5.41) is 0. The van der Waals surface area contributed by atoms with E-state index < -0.39 is 0 Å². The average Bonchev–Trinajstić information content (AvgIpc) is 2.53. The minimum absolute atomic E-state index is 0.194. The van der Waals surface area contributed by atoms with Crippen LogP contribution in [0.25, 0.3) is 11.0 Å². The molecule has 1 heterocycles. The van der Waals surface area contributed by atoms with E-state index >= 15 is 0 Å². The third kappa shape index (κ3) is 2.12. The molecular formula is C16H12N2O2. The second kappa shape index (κ2) is 5.09. The Morgan fingerprint density at radius 3 is 2.50 bits per heavy atom. The van der Waals surface area contributed by atoms with Gasteiger partial charge in [0.05, 0.1) is 29.9 Å². The number of aromatic nitrogens is 2. The molecule has 0 unspecified atom stereocenters. The van der Waals surface area contributed by atoms with Gasteiger partial charge in [0.1, 0.15) is 11.4 Å². The van der Waals surface area contributed by atoms with Gasteiger partial charge in [-0.15, -0.1) is 0 Å². The molecule has 2 aromatic carbocycles. The number of methoxy groups -OCH3 is 1. The average molecular weight is 264 g/mol. The Morgan fingerprint density at radius 2 is 1.70 bits per heavy atom. The highest BCUT2D eigenvalue weighted by molar-refractivity contribution is 6.09. The summed E-state index contributed by atoms with van der Waals surface area (Å²) in [5.41, 5.74) is 2.27. The zero-order chi connectivity index (χ0) is 13.9. The van der Waals surface area contributed by atoms with Gasteiger partial charge in [0.15, 0.2) is 0 Å². The van der Waals surface area contributed by atoms with Gasteiger partial charge in [-0.3, -0.25) is 9.78 Å². The lowest BCUT2D eigenvalue weighted by molar-refractivity contribution is 0.103. The molecule has 0 radical (unpaired) electrons. The molecule has 4 nitrogen and oxygen atoms in total. The lowest BCUT2D eigenvalue weighted by Crippen LogP contribution is -2.07. The predicted octanol–water partition coefficient (Wildman–Crippen LogP) is 2.87. The molecular weight excluding hydrogens is 252 g/mol. The number of para-hydroxylation sites is 3. The van der Waals surface area contributed by atoms with E-state index in [1.54, 1.807) is 18.2 Å². The van der Waals surface area contributed by atoms with Crippen molar-refractivity contribution in [3.63, 3.8) is 0 Å². The number of rotatable bonds is 3. The second-order valence-corrected chi connectivity index (χ2v) is 4.27. The number of ether oxygens (including phenoxy) is 1. The molecule has 0 aliphatic rings. The van der Waals surface area contributed by atoms with Crippen LogP contribution in [0.5, 0.6) is 5.75 Å². The van der Waals surface area contributed by atoms with Crippen molar-refractivity contribution in [3.8, 4) is 5.75 Å². The van der Waals surface area contributed by atoms with Gasteiger partial charge in [0.25, 0.3) is 0 Å². The molecule has 0 bridgehead atoms. The van der Waals surface area contributed by atoms with Crippen LogP contribution in [0, 0.1) is 0 Å². The molecule has 0 fully saturated rings. The van der Waals surface area contributed by atoms with Crippen LogP contribution in [0.1, 0.15) is 16.1 Å². The standard InChI is InChI=1S/C16H12N2O2/c1-20-15-9-5-2-6-11(15)16(19)14-10-17-12-7-3-4-8-13(12)18-14/h2-10H,1H3. The van der Waals surface area contributed by atoms with Crippen molar-refractivity contribution in [2.24, 2.45) is 0 Å². The molecule has 3 rings (SSSR count). The van der Waals surface area contributed by atoms with Crippen molar-refractivity contribution in [1.29, 1.82) is 0 Å². The van der Waals surface area contributed by atoms with E-state index in [0.29, 0.717) is 22.5 Å². The van der Waals surface area contributed by atoms with Gasteiger partial charge in [0, 0.05) is 0 Å². The van der Waals surface area contributed by atoms with Crippen molar-refractivity contribution in [2.45, 2.75) is 0 Å². The zero-order valence-corrected chi connectivity index (χ0v) is 10.9. The van der Waals surface area contributed by atoms with Crippen LogP contribution in [-0.2, 0) is 0 Å². The van der Waals surface area contributed by atoms with E-state index in [4.69, 9.17) is 4.74 Å². The molecule has 3 aromatic rings. The quantitative estimate of drug-likeness (QED) is 0.682. The number of carbonyl (C=O) groups excluding carboxylic acids is 1. The fourth-order valence-electron chi connectivity index (χ4n) is 2.04. The van der Waals surface area contributed by atoms with Gasteiger partial charge < -0.3 is 4.74 Å². The first-order valence-electron chi connectivity index (χ1n) is 6.19. The van der Waals surface area contributed by atoms with Crippen molar-refractivity contribution >= 4 is 16.8 Å². The summed E-state index contributed by atoms with van der Waals surface area (Å²) in [4.78, 5) is 21.1. The highest BCUT2D eigenvalue weighted by Crippen LogP contribution is 2.20. The minimum atomic E-state index is -0.194. The smallest absolute Gasteiger partial charge is 0.216 e. The Bertz CT molecular complexity index is 784. The van der Waals surface area contributed by atoms with Crippen molar-refractivity contribution in [1.82, 2.24) is 9.97 Å². The number of fused-ring (bicyclic) bond motifs is 1. The van der Waals surface area contributed by atoms with Crippen molar-refractivity contribution in [3.05, 3.63) is 66.0 Å². The number of carbonyl (C=O) groups is 1. The van der Waals surface area contributed by atoms with E-state index in [9.17, 15) is 4.79 Å². The predicted molar refractivity (Wildman–Crippen MR) is 76.0 cm³/mol. The highest BCUT2D eigenvalue weighted by Gasteiger charge is 2.15. The molecule has 0 N–H and O–H groups in total. The van der Waals surface area contributed by atoms with E-state index in [0.717, 1.165) is 5.52 Å². The summed E-state index contributed by atoms with van der Waals surface area (Å²) in [5.74, 6) is 0.341. The maximum atomic E-state index is 12.5. The van der Waals surface area contributed by atoms with Gasteiger partial charge >= 0.3 is 0 Å². The molecule has 0 saturated carbocycles. The summed E-state index contributed by atoms with van der Waals surface area (Å²) in [6.45, 7) is 0. The molecule has 4 heteroatoms. The fraction of sp³-hybridized carbons (Fsp3) is 0.0625. The van der Waals surface area contributed by atoms with Crippen LogP contribution >= 0.6 is 0 Å². The van der Waals surface area contributed by atoms with E-state index in [-0.39, 0.29) is 5.78 Å². The number of benzene rings is 2. The van der Waals surface area contributed by atoms with Gasteiger partial charge in [0.2, 0.25) is 5.78 Å². The molecule has 0 aliphatic heterocycles. The topological polar surface area (TPSA) is 52.1 Å². The van der Waals surface area contributed by atoms with Crippen molar-refractivity contribution < 1.29 is 9.53 Å². The molecule has 0 saturated heterocycles. The van der Waals surface area contributed by atoms with E-state index in [1.165, 1.54) is 13.3 Å². The summed E-state index contributed by atoms with van der Waals surface area (Å²) in [6.07, 6.45) is 1.50. The van der Waals surface area contributed by atoms with Crippen LogP contribution < -0.4 is 4.74 Å². The summed E-state index contributed by atoms with van der Waals surface area (Å²) >= 11 is 0. The number of hydrogen-bond acceptors (Lipinski definition) is 4. The second-order valence-electron chi connectivity index (χ2n) is 4.27. The number of nitrogens with zero attached hydrogens (tertiary/aromatic N) is 2. The molecule has 1 aromatic heterocycles. The third-order valence-electron chi connectivity index (χ3n) is 3.03. The first-order chi connectivity index (χ1) is 9.79. The lowest BCUT2D eigenvalue weighted by Gasteiger charge is -2.07. The lowest BCUT2D eigenvalue weighted by atomic mass is 10.1. The fourth-order valence-corrected chi connectivity index (χ4v) is 2.04. The summed E-state index contributed by atoms with van der Waals surface area (Å²) in [6, 6.07) is 14.5. The SMILES string of the molecule is COc1ccccc1C(=O)c1cnc2ccccc2n1. The highest BCUT2D eigenvalue weighted by atomic mass is 16.5. The first kappa shape index (κ1) is 12.3. The van der Waals surface area contributed by atoms with Gasteiger partial charge in [-0.1, -0.05) is 24.3 Å². The Morgan fingerprint density at radius 1 is 1.00 bits per heavy atom. The molecule has 20 heavy (non-hydrogen) atoms. The third-order valence-corrected chi connectivity index (χ3v) is 3.03. The van der Waals surface area contributed by atoms with Crippen LogP contribution in [0.3, 0.4) is 0 Å². The molecule has 0 aliphatic carbocycles. The first-order valence-corrected chi connectivity index (χ1v) is 6.19. The zero-order valence-electron chi connectivity index (χ0n) is 10.9. The van der Waals surface area contributed by atoms with Crippen molar-refractivity contribution in [2.75, 3.05) is 7.11 Å². The van der Waals surface area contributed by atoms with E-state index in [2.05, 4.69) is 9.97 Å². The number of ketones is 1. The van der Waals surface area contributed by atoms with Crippen LogP contribution in [0.4, 0.5) is 0 Å². The van der Waals surface area contributed by atoms with Crippen LogP contribution in [-0.4, -0.2) is 22.9 Å². The maximum Gasteiger partial charge on any atom is 0.216 e. The molecule has 98 valence electrons. The maximum absolute atomic E-state index is 12.5. The van der Waals surface area contributed by atoms with Gasteiger partial charge in [-0.2, -0.15) is 0 Å². The van der Waals surface area contributed by atoms with Crippen LogP contribution in [0.15, 0.2) is 54.7 Å². The molecule has 0 atom stereocenters. The van der Waals surface area contributed by atoms with Gasteiger partial charge in [-0.05, 0) is 24.3 Å². The van der Waals surface area contributed by atoms with Crippen LogP contribution in [0.2, 0.25) is 0 Å². The molecule has 0 amide bonds. The minimum Gasteiger partial charge on any atom is -0.496 e. The van der Waals surface area contributed by atoms with Gasteiger partial charge in [-0.25, -0.2) is 4.98 Å². The largest absolute Gasteiger partial charge is 0.496 e. The Kier molecular flexibility index (Phi) is 3.13.